The Hall–Kier alpha value is -4.62. The van der Waals surface area contributed by atoms with Crippen molar-refractivity contribution in [1.29, 1.82) is 0 Å². The van der Waals surface area contributed by atoms with Crippen molar-refractivity contribution in [2.24, 2.45) is 20.5 Å². The van der Waals surface area contributed by atoms with Crippen molar-refractivity contribution >= 4 is 28.4 Å². The first-order valence-electron chi connectivity index (χ1n) is 22.6. The highest BCUT2D eigenvalue weighted by Gasteiger charge is 2.59. The van der Waals surface area contributed by atoms with E-state index < -0.39 is 83.7 Å². The van der Waals surface area contributed by atoms with Gasteiger partial charge in [0.05, 0.1) is 48.9 Å². The first kappa shape index (κ1) is 51.2. The summed E-state index contributed by atoms with van der Waals surface area (Å²) in [5.74, 6) is -1.74. The van der Waals surface area contributed by atoms with Gasteiger partial charge >= 0.3 is 0 Å². The van der Waals surface area contributed by atoms with E-state index in [1.165, 1.54) is 45.6 Å². The van der Waals surface area contributed by atoms with Gasteiger partial charge in [0.25, 0.3) is 5.69 Å². The molecular formula is C47H63N5O16. The molecule has 21 nitrogen and oxygen atoms in total. The maximum Gasteiger partial charge on any atom is 0.269 e. The zero-order valence-electron chi connectivity index (χ0n) is 39.9. The highest BCUT2D eigenvalue weighted by atomic mass is 16.8. The Morgan fingerprint density at radius 3 is 2.01 bits per heavy atom. The molecule has 0 radical (unpaired) electrons. The number of azo groups is 2. The fourth-order valence-corrected chi connectivity index (χ4v) is 8.32. The maximum absolute atomic E-state index is 11.7. The molecule has 0 unspecified atom stereocenters. The molecule has 9 atom stereocenters. The Kier molecular flexibility index (Phi) is 16.9. The summed E-state index contributed by atoms with van der Waals surface area (Å²) in [6.07, 6.45) is -5.80. The fourth-order valence-electron chi connectivity index (χ4n) is 8.32. The van der Waals surface area contributed by atoms with Gasteiger partial charge < -0.3 is 66.7 Å². The highest BCUT2D eigenvalue weighted by Crippen LogP contribution is 2.42. The van der Waals surface area contributed by atoms with Gasteiger partial charge in [-0.3, -0.25) is 10.1 Å². The first-order chi connectivity index (χ1) is 32.5. The topological polar surface area (TPSA) is 233 Å². The molecule has 0 saturated carbocycles. The lowest BCUT2D eigenvalue weighted by Crippen LogP contribution is -2.61. The van der Waals surface area contributed by atoms with E-state index in [0.717, 1.165) is 19.3 Å². The molecule has 4 saturated heterocycles. The van der Waals surface area contributed by atoms with Crippen molar-refractivity contribution in [2.45, 2.75) is 140 Å². The standard InChI is InChI=1S/C47H63N5O16/c1-45(2)61-27-36(64-45)38(41-42(44(57-8)58-9)68-47(5,6)67-41)63-43-37(53)40-39(65-46(3,4)66-40)35(62-43)26-59-23-11-10-12-24-60-32-20-15-29(16-21-32)49-51-33-22-17-30(25-34(33)56-7)50-48-28-13-18-31(19-14-28)52(54)55/h13-22,25,35-44,53H,10-12,23-24,26-27H2,1-9H3/t35-,36-,37-,38-,39+,40-,41+,42-,43+/m1/s1. The van der Waals surface area contributed by atoms with Crippen molar-refractivity contribution < 1.29 is 71.6 Å². The molecule has 3 aromatic rings. The molecule has 21 heteroatoms. The quantitative estimate of drug-likeness (QED) is 0.0328. The van der Waals surface area contributed by atoms with Crippen LogP contribution in [0.4, 0.5) is 28.4 Å². The first-order valence-corrected chi connectivity index (χ1v) is 22.6. The number of nitro groups is 1. The lowest BCUT2D eigenvalue weighted by molar-refractivity contribution is -0.384. The second-order valence-electron chi connectivity index (χ2n) is 18.0. The van der Waals surface area contributed by atoms with Gasteiger partial charge in [-0.25, -0.2) is 0 Å². The summed E-state index contributed by atoms with van der Waals surface area (Å²) < 4.78 is 79.4. The maximum atomic E-state index is 11.7. The van der Waals surface area contributed by atoms with Crippen LogP contribution in [0.3, 0.4) is 0 Å². The van der Waals surface area contributed by atoms with E-state index in [9.17, 15) is 15.2 Å². The molecule has 1 N–H and O–H groups in total. The van der Waals surface area contributed by atoms with Crippen LogP contribution in [0.5, 0.6) is 11.5 Å². The fraction of sp³-hybridized carbons (Fsp3) is 0.617. The van der Waals surface area contributed by atoms with Crippen LogP contribution in [-0.2, 0) is 52.1 Å². The number of non-ortho nitro benzene ring substituents is 1. The second-order valence-corrected chi connectivity index (χ2v) is 18.0. The summed E-state index contributed by atoms with van der Waals surface area (Å²) in [5.41, 5.74) is 2.07. The van der Waals surface area contributed by atoms with Gasteiger partial charge in [0.2, 0.25) is 0 Å². The van der Waals surface area contributed by atoms with E-state index in [1.54, 1.807) is 45.9 Å². The lowest BCUT2D eigenvalue weighted by Gasteiger charge is -2.42. The Balaban J connectivity index is 0.872. The Morgan fingerprint density at radius 1 is 0.735 bits per heavy atom. The van der Waals surface area contributed by atoms with E-state index in [0.29, 0.717) is 47.5 Å². The number of fused-ring (bicyclic) bond motifs is 1. The number of nitrogens with zero attached hydrogens (tertiary/aromatic N) is 5. The number of hydrogen-bond donors (Lipinski definition) is 1. The number of unbranched alkanes of at least 4 members (excludes halogenated alkanes) is 2. The molecule has 0 bridgehead atoms. The number of hydrogen-bond acceptors (Lipinski definition) is 20. The predicted octanol–water partition coefficient (Wildman–Crippen LogP) is 8.28. The SMILES string of the molecule is COc1cc(N=Nc2ccc([N+](=O)[O-])cc2)ccc1N=Nc1ccc(OCCCCCOC[C@H]2O[C@@H](O[C@@H]([C@@H]3OC(C)(C)O[C@H]3C(OC)OC)[C@H]3COC(C)(C)O3)[C@H](O)[C@H]3OC(C)(C)O[C@H]32)cc1. The Morgan fingerprint density at radius 2 is 1.35 bits per heavy atom. The minimum Gasteiger partial charge on any atom is -0.494 e. The minimum absolute atomic E-state index is 0.0253. The number of nitro benzene ring substituents is 1. The van der Waals surface area contributed by atoms with Crippen LogP contribution in [0.15, 0.2) is 87.2 Å². The summed E-state index contributed by atoms with van der Waals surface area (Å²) in [4.78, 5) is 10.4. The van der Waals surface area contributed by atoms with E-state index in [1.807, 2.05) is 38.1 Å². The van der Waals surface area contributed by atoms with Crippen molar-refractivity contribution in [3.05, 3.63) is 76.8 Å². The van der Waals surface area contributed by atoms with E-state index in [-0.39, 0.29) is 18.9 Å². The lowest BCUT2D eigenvalue weighted by atomic mass is 9.98. The molecule has 0 aromatic heterocycles. The average molecular weight is 954 g/mol. The molecular weight excluding hydrogens is 891 g/mol. The average Bonchev–Trinajstić information content (AvgIpc) is 3.96. The van der Waals surface area contributed by atoms with Crippen LogP contribution in [0, 0.1) is 10.1 Å². The number of rotatable bonds is 22. The number of aliphatic hydroxyl groups excluding tert-OH is 1. The molecule has 0 spiro atoms. The Labute approximate surface area is 395 Å². The molecule has 372 valence electrons. The zero-order chi connectivity index (χ0) is 48.6. The van der Waals surface area contributed by atoms with Crippen molar-refractivity contribution in [1.82, 2.24) is 0 Å². The summed E-state index contributed by atoms with van der Waals surface area (Å²) in [6, 6.07) is 18.1. The van der Waals surface area contributed by atoms with Gasteiger partial charge in [-0.05, 0) is 109 Å². The molecule has 4 heterocycles. The van der Waals surface area contributed by atoms with Gasteiger partial charge in [-0.2, -0.15) is 15.3 Å². The number of aliphatic hydroxyl groups is 1. The third kappa shape index (κ3) is 13.2. The summed E-state index contributed by atoms with van der Waals surface area (Å²) >= 11 is 0. The second kappa shape index (κ2) is 22.4. The summed E-state index contributed by atoms with van der Waals surface area (Å²) in [7, 11) is 4.56. The van der Waals surface area contributed by atoms with Crippen LogP contribution < -0.4 is 9.47 Å². The molecule has 4 fully saturated rings. The van der Waals surface area contributed by atoms with Crippen LogP contribution in [-0.4, -0.2) is 137 Å². The van der Waals surface area contributed by atoms with E-state index in [4.69, 9.17) is 61.6 Å². The molecule has 0 amide bonds. The highest BCUT2D eigenvalue weighted by molar-refractivity contribution is 5.59. The van der Waals surface area contributed by atoms with E-state index >= 15 is 0 Å². The van der Waals surface area contributed by atoms with Crippen LogP contribution in [0.1, 0.15) is 60.8 Å². The van der Waals surface area contributed by atoms with Crippen molar-refractivity contribution in [2.75, 3.05) is 47.8 Å². The van der Waals surface area contributed by atoms with Gasteiger partial charge in [0, 0.05) is 39.0 Å². The third-order valence-corrected chi connectivity index (χ3v) is 11.5. The predicted molar refractivity (Wildman–Crippen MR) is 241 cm³/mol. The smallest absolute Gasteiger partial charge is 0.269 e. The third-order valence-electron chi connectivity index (χ3n) is 11.5. The monoisotopic (exact) mass is 953 g/mol. The Bertz CT molecular complexity index is 2170. The number of ether oxygens (including phenoxy) is 13. The van der Waals surface area contributed by atoms with Crippen LogP contribution in [0.25, 0.3) is 0 Å². The van der Waals surface area contributed by atoms with Gasteiger partial charge in [-0.15, -0.1) is 5.11 Å². The number of methoxy groups -OCH3 is 3. The van der Waals surface area contributed by atoms with Crippen molar-refractivity contribution in [3.8, 4) is 11.5 Å². The largest absolute Gasteiger partial charge is 0.494 e. The number of benzene rings is 3. The minimum atomic E-state index is -1.23. The van der Waals surface area contributed by atoms with E-state index in [2.05, 4.69) is 20.5 Å². The van der Waals surface area contributed by atoms with Crippen LogP contribution >= 0.6 is 0 Å². The molecule has 0 aliphatic carbocycles. The molecule has 7 rings (SSSR count). The zero-order valence-corrected chi connectivity index (χ0v) is 39.9. The summed E-state index contributed by atoms with van der Waals surface area (Å²) in [6.45, 7) is 12.1. The molecule has 4 aliphatic rings. The normalized spacial score (nSPS) is 27.8. The molecule has 68 heavy (non-hydrogen) atoms. The molecule has 4 aliphatic heterocycles. The van der Waals surface area contributed by atoms with Gasteiger partial charge in [-0.1, -0.05) is 0 Å². The van der Waals surface area contributed by atoms with Gasteiger partial charge in [0.15, 0.2) is 29.9 Å². The summed E-state index contributed by atoms with van der Waals surface area (Å²) in [5, 5.41) is 39.6. The molecule has 3 aromatic carbocycles. The van der Waals surface area contributed by atoms with Gasteiger partial charge in [0.1, 0.15) is 66.0 Å². The van der Waals surface area contributed by atoms with Crippen molar-refractivity contribution in [3.63, 3.8) is 0 Å². The van der Waals surface area contributed by atoms with Crippen LogP contribution in [0.2, 0.25) is 0 Å².